The van der Waals surface area contributed by atoms with Crippen LogP contribution in [0.3, 0.4) is 0 Å². The molecule has 0 bridgehead atoms. The van der Waals surface area contributed by atoms with Crippen molar-refractivity contribution in [2.45, 2.75) is 38.8 Å². The summed E-state index contributed by atoms with van der Waals surface area (Å²) < 4.78 is 18.6. The Balaban J connectivity index is 1.44. The number of aromatic nitrogens is 3. The van der Waals surface area contributed by atoms with E-state index in [0.717, 1.165) is 30.8 Å². The van der Waals surface area contributed by atoms with Gasteiger partial charge < -0.3 is 19.4 Å². The average Bonchev–Trinajstić information content (AvgIpc) is 3.35. The van der Waals surface area contributed by atoms with Crippen LogP contribution in [-0.4, -0.2) is 66.3 Å². The van der Waals surface area contributed by atoms with E-state index in [9.17, 15) is 9.18 Å². The van der Waals surface area contributed by atoms with Gasteiger partial charge in [0.1, 0.15) is 17.5 Å². The predicted molar refractivity (Wildman–Crippen MR) is 148 cm³/mol. The van der Waals surface area contributed by atoms with E-state index in [1.165, 1.54) is 19.4 Å². The SMILES string of the molecule is COC(=O)c1cnc(N2CCN(c3cc(-c4ccc(F)c(Cl)c4)nc(N4CCCC4C)n3)C(C)C2)c(Cl)c1. The molecule has 38 heavy (non-hydrogen) atoms. The molecule has 1 aromatic carbocycles. The second-order valence-electron chi connectivity index (χ2n) is 9.73. The first-order chi connectivity index (χ1) is 18.2. The highest BCUT2D eigenvalue weighted by molar-refractivity contribution is 6.33. The molecule has 0 aliphatic carbocycles. The molecule has 200 valence electrons. The number of piperazine rings is 1. The Morgan fingerprint density at radius 3 is 2.50 bits per heavy atom. The van der Waals surface area contributed by atoms with E-state index >= 15 is 0 Å². The molecule has 0 saturated carbocycles. The first-order valence-corrected chi connectivity index (χ1v) is 13.4. The molecular weight excluding hydrogens is 530 g/mol. The van der Waals surface area contributed by atoms with Crippen LogP contribution in [0.4, 0.5) is 22.0 Å². The zero-order valence-electron chi connectivity index (χ0n) is 21.5. The van der Waals surface area contributed by atoms with Gasteiger partial charge in [-0.25, -0.2) is 19.2 Å². The maximum Gasteiger partial charge on any atom is 0.339 e. The second kappa shape index (κ2) is 10.9. The summed E-state index contributed by atoms with van der Waals surface area (Å²) in [5.41, 5.74) is 1.75. The standard InChI is InChI=1S/C27H29Cl2FN6O2/c1-16-5-4-8-36(16)27-32-23(18-6-7-22(30)20(28)11-18)13-24(33-27)35-10-9-34(15-17(35)2)25-21(29)12-19(14-31-25)26(37)38-3/h6-7,11-14,16-17H,4-5,8-10,15H2,1-3H3. The molecular formula is C27H29Cl2FN6O2. The lowest BCUT2D eigenvalue weighted by Gasteiger charge is -2.41. The lowest BCUT2D eigenvalue weighted by Crippen LogP contribution is -2.52. The molecule has 0 radical (unpaired) electrons. The molecule has 3 aromatic rings. The van der Waals surface area contributed by atoms with E-state index in [-0.39, 0.29) is 11.1 Å². The highest BCUT2D eigenvalue weighted by Crippen LogP contribution is 2.33. The third-order valence-electron chi connectivity index (χ3n) is 7.19. The summed E-state index contributed by atoms with van der Waals surface area (Å²) in [4.78, 5) is 32.7. The quantitative estimate of drug-likeness (QED) is 0.381. The van der Waals surface area contributed by atoms with E-state index in [2.05, 4.69) is 33.5 Å². The molecule has 4 heterocycles. The summed E-state index contributed by atoms with van der Waals surface area (Å²) in [6.45, 7) is 7.18. The number of halogens is 3. The molecule has 2 fully saturated rings. The normalized spacial score (nSPS) is 19.7. The van der Waals surface area contributed by atoms with Gasteiger partial charge in [-0.3, -0.25) is 0 Å². The van der Waals surface area contributed by atoms with E-state index in [1.807, 2.05) is 6.07 Å². The fourth-order valence-electron chi connectivity index (χ4n) is 5.11. The van der Waals surface area contributed by atoms with Crippen molar-refractivity contribution in [3.63, 3.8) is 0 Å². The third-order valence-corrected chi connectivity index (χ3v) is 7.76. The number of hydrogen-bond donors (Lipinski definition) is 0. The van der Waals surface area contributed by atoms with Crippen molar-refractivity contribution in [3.8, 4) is 11.3 Å². The monoisotopic (exact) mass is 558 g/mol. The second-order valence-corrected chi connectivity index (χ2v) is 10.5. The van der Waals surface area contributed by atoms with E-state index in [1.54, 1.807) is 18.2 Å². The average molecular weight is 559 g/mol. The van der Waals surface area contributed by atoms with Gasteiger partial charge in [-0.1, -0.05) is 23.2 Å². The Bertz CT molecular complexity index is 1360. The maximum absolute atomic E-state index is 13.9. The van der Waals surface area contributed by atoms with E-state index in [0.29, 0.717) is 53.7 Å². The number of rotatable bonds is 5. The van der Waals surface area contributed by atoms with Crippen LogP contribution < -0.4 is 14.7 Å². The number of ether oxygens (including phenoxy) is 1. The molecule has 8 nitrogen and oxygen atoms in total. The van der Waals surface area contributed by atoms with Crippen molar-refractivity contribution < 1.29 is 13.9 Å². The molecule has 2 aliphatic rings. The van der Waals surface area contributed by atoms with Crippen molar-refractivity contribution in [1.82, 2.24) is 15.0 Å². The van der Waals surface area contributed by atoms with Crippen molar-refractivity contribution in [2.24, 2.45) is 0 Å². The zero-order chi connectivity index (χ0) is 27.0. The Kier molecular flexibility index (Phi) is 7.59. The Morgan fingerprint density at radius 1 is 1.03 bits per heavy atom. The van der Waals surface area contributed by atoms with Crippen LogP contribution in [-0.2, 0) is 4.74 Å². The van der Waals surface area contributed by atoms with Gasteiger partial charge in [-0.2, -0.15) is 4.98 Å². The molecule has 2 saturated heterocycles. The predicted octanol–water partition coefficient (Wildman–Crippen LogP) is 5.47. The molecule has 5 rings (SSSR count). The number of benzene rings is 1. The third kappa shape index (κ3) is 5.22. The number of nitrogens with zero attached hydrogens (tertiary/aromatic N) is 6. The summed E-state index contributed by atoms with van der Waals surface area (Å²) in [5.74, 6) is 1.16. The van der Waals surface area contributed by atoms with Crippen LogP contribution in [0, 0.1) is 5.82 Å². The summed E-state index contributed by atoms with van der Waals surface area (Å²) in [6, 6.07) is 8.60. The van der Waals surface area contributed by atoms with Crippen LogP contribution in [0.2, 0.25) is 10.0 Å². The number of methoxy groups -OCH3 is 1. The molecule has 0 amide bonds. The van der Waals surface area contributed by atoms with Crippen LogP contribution in [0.25, 0.3) is 11.3 Å². The number of pyridine rings is 1. The van der Waals surface area contributed by atoms with Crippen molar-refractivity contribution in [3.05, 3.63) is 58.0 Å². The van der Waals surface area contributed by atoms with Gasteiger partial charge in [0.15, 0.2) is 0 Å². The molecule has 2 unspecified atom stereocenters. The highest BCUT2D eigenvalue weighted by Gasteiger charge is 2.30. The van der Waals surface area contributed by atoms with Gasteiger partial charge in [-0.05, 0) is 51.0 Å². The maximum atomic E-state index is 13.9. The van der Waals surface area contributed by atoms with E-state index in [4.69, 9.17) is 37.9 Å². The lowest BCUT2D eigenvalue weighted by molar-refractivity contribution is 0.0600. The highest BCUT2D eigenvalue weighted by atomic mass is 35.5. The number of carbonyl (C=O) groups is 1. The topological polar surface area (TPSA) is 74.7 Å². The Morgan fingerprint density at radius 2 is 1.84 bits per heavy atom. The molecule has 2 atom stereocenters. The van der Waals surface area contributed by atoms with Gasteiger partial charge in [0.25, 0.3) is 0 Å². The number of carbonyl (C=O) groups excluding carboxylic acids is 1. The largest absolute Gasteiger partial charge is 0.465 e. The first kappa shape index (κ1) is 26.4. The first-order valence-electron chi connectivity index (χ1n) is 12.6. The Hall–Kier alpha value is -3.17. The summed E-state index contributed by atoms with van der Waals surface area (Å²) in [6.07, 6.45) is 3.66. The summed E-state index contributed by atoms with van der Waals surface area (Å²) in [5, 5.41) is 0.458. The number of hydrogen-bond acceptors (Lipinski definition) is 8. The molecule has 11 heteroatoms. The molecule has 0 spiro atoms. The van der Waals surface area contributed by atoms with Crippen molar-refractivity contribution in [1.29, 1.82) is 0 Å². The molecule has 2 aliphatic heterocycles. The minimum Gasteiger partial charge on any atom is -0.465 e. The minimum atomic E-state index is -0.478. The van der Waals surface area contributed by atoms with Crippen LogP contribution in [0.5, 0.6) is 0 Å². The van der Waals surface area contributed by atoms with E-state index < -0.39 is 11.8 Å². The number of esters is 1. The van der Waals surface area contributed by atoms with Crippen molar-refractivity contribution >= 4 is 46.8 Å². The summed E-state index contributed by atoms with van der Waals surface area (Å²) >= 11 is 12.6. The summed E-state index contributed by atoms with van der Waals surface area (Å²) in [7, 11) is 1.32. The van der Waals surface area contributed by atoms with Crippen molar-refractivity contribution in [2.75, 3.05) is 48.0 Å². The minimum absolute atomic E-state index is 0.0586. The molecule has 0 N–H and O–H groups in total. The lowest BCUT2D eigenvalue weighted by atomic mass is 10.1. The van der Waals surface area contributed by atoms with Gasteiger partial charge in [0.05, 0.1) is 28.4 Å². The van der Waals surface area contributed by atoms with Gasteiger partial charge in [0, 0.05) is 56.1 Å². The fraction of sp³-hybridized carbons (Fsp3) is 0.407. The smallest absolute Gasteiger partial charge is 0.339 e. The van der Waals surface area contributed by atoms with Gasteiger partial charge in [-0.15, -0.1) is 0 Å². The van der Waals surface area contributed by atoms with Gasteiger partial charge >= 0.3 is 5.97 Å². The molecule has 2 aromatic heterocycles. The van der Waals surface area contributed by atoms with Crippen LogP contribution in [0.1, 0.15) is 37.0 Å². The number of anilines is 3. The van der Waals surface area contributed by atoms with Crippen LogP contribution >= 0.6 is 23.2 Å². The van der Waals surface area contributed by atoms with Crippen LogP contribution in [0.15, 0.2) is 36.5 Å². The van der Waals surface area contributed by atoms with Gasteiger partial charge in [0.2, 0.25) is 5.95 Å². The Labute approximate surface area is 231 Å². The fourth-order valence-corrected chi connectivity index (χ4v) is 5.58. The zero-order valence-corrected chi connectivity index (χ0v) is 23.0.